The molecule has 0 saturated heterocycles. The molecule has 1 aliphatic carbocycles. The zero-order valence-electron chi connectivity index (χ0n) is 11.3. The van der Waals surface area contributed by atoms with Crippen LogP contribution in [0.3, 0.4) is 0 Å². The van der Waals surface area contributed by atoms with Gasteiger partial charge in [0.15, 0.2) is 0 Å². The third-order valence-corrected chi connectivity index (χ3v) is 6.19. The third-order valence-electron chi connectivity index (χ3n) is 3.10. The van der Waals surface area contributed by atoms with Gasteiger partial charge in [-0.2, -0.15) is 4.31 Å². The standard InChI is InChI=1S/C12H20N2O3S2/c1-13-9-11-12(5-8-18-11)19(15,16)14(6-7-17-2)10-3-4-10/h5,8,10,13H,3-4,6-7,9H2,1-2H3. The zero-order chi connectivity index (χ0) is 13.9. The number of sulfonamides is 1. The fraction of sp³-hybridized carbons (Fsp3) is 0.667. The van der Waals surface area contributed by atoms with E-state index in [1.165, 1.54) is 11.3 Å². The molecule has 0 unspecified atom stereocenters. The maximum atomic E-state index is 12.7. The van der Waals surface area contributed by atoms with Gasteiger partial charge in [-0.05, 0) is 31.3 Å². The van der Waals surface area contributed by atoms with Gasteiger partial charge in [-0.25, -0.2) is 8.42 Å². The molecule has 108 valence electrons. The first-order valence-electron chi connectivity index (χ1n) is 6.33. The summed E-state index contributed by atoms with van der Waals surface area (Å²) in [5.41, 5.74) is 0. The Hall–Kier alpha value is -0.470. The first kappa shape index (κ1) is 14.9. The largest absolute Gasteiger partial charge is 0.383 e. The highest BCUT2D eigenvalue weighted by atomic mass is 32.2. The van der Waals surface area contributed by atoms with E-state index in [0.29, 0.717) is 24.6 Å². The molecule has 2 rings (SSSR count). The number of methoxy groups -OCH3 is 1. The van der Waals surface area contributed by atoms with Crippen molar-refractivity contribution in [3.63, 3.8) is 0 Å². The normalized spacial score (nSPS) is 16.2. The van der Waals surface area contributed by atoms with Crippen molar-refractivity contribution in [3.8, 4) is 0 Å². The van der Waals surface area contributed by atoms with Gasteiger partial charge >= 0.3 is 0 Å². The summed E-state index contributed by atoms with van der Waals surface area (Å²) >= 11 is 1.47. The van der Waals surface area contributed by atoms with Crippen molar-refractivity contribution < 1.29 is 13.2 Å². The molecule has 0 spiro atoms. The number of hydrogen-bond donors (Lipinski definition) is 1. The predicted octanol–water partition coefficient (Wildman–Crippen LogP) is 1.27. The molecular weight excluding hydrogens is 284 g/mol. The number of hydrogen-bond acceptors (Lipinski definition) is 5. The molecule has 1 aromatic heterocycles. The second-order valence-electron chi connectivity index (χ2n) is 4.58. The van der Waals surface area contributed by atoms with Crippen molar-refractivity contribution in [2.45, 2.75) is 30.3 Å². The van der Waals surface area contributed by atoms with E-state index >= 15 is 0 Å². The monoisotopic (exact) mass is 304 g/mol. The van der Waals surface area contributed by atoms with Crippen LogP contribution >= 0.6 is 11.3 Å². The molecule has 1 saturated carbocycles. The van der Waals surface area contributed by atoms with E-state index < -0.39 is 10.0 Å². The van der Waals surface area contributed by atoms with Gasteiger partial charge in [0.25, 0.3) is 0 Å². The van der Waals surface area contributed by atoms with Crippen LogP contribution in [0.25, 0.3) is 0 Å². The van der Waals surface area contributed by atoms with Crippen LogP contribution in [-0.4, -0.2) is 46.1 Å². The van der Waals surface area contributed by atoms with Gasteiger partial charge in [0, 0.05) is 31.1 Å². The molecule has 0 aliphatic heterocycles. The van der Waals surface area contributed by atoms with E-state index in [9.17, 15) is 8.42 Å². The minimum absolute atomic E-state index is 0.155. The van der Waals surface area contributed by atoms with E-state index in [2.05, 4.69) is 5.32 Å². The molecule has 1 fully saturated rings. The van der Waals surface area contributed by atoms with E-state index in [0.717, 1.165) is 17.7 Å². The average Bonchev–Trinajstić information content (AvgIpc) is 3.08. The Morgan fingerprint density at radius 3 is 2.84 bits per heavy atom. The Bertz CT molecular complexity index is 509. The molecule has 1 aliphatic rings. The molecule has 0 amide bonds. The summed E-state index contributed by atoms with van der Waals surface area (Å²) in [6.07, 6.45) is 1.91. The SMILES string of the molecule is CNCc1sccc1S(=O)(=O)N(CCOC)C1CC1. The number of nitrogens with zero attached hydrogens (tertiary/aromatic N) is 1. The van der Waals surface area contributed by atoms with Crippen LogP contribution in [0.4, 0.5) is 0 Å². The summed E-state index contributed by atoms with van der Waals surface area (Å²) in [6, 6.07) is 1.86. The fourth-order valence-corrected chi connectivity index (χ4v) is 5.11. The molecule has 1 heterocycles. The lowest BCUT2D eigenvalue weighted by Gasteiger charge is -2.21. The summed E-state index contributed by atoms with van der Waals surface area (Å²) in [7, 11) is 0.0153. The maximum Gasteiger partial charge on any atom is 0.244 e. The van der Waals surface area contributed by atoms with E-state index in [1.807, 2.05) is 12.4 Å². The zero-order valence-corrected chi connectivity index (χ0v) is 12.9. The van der Waals surface area contributed by atoms with Crippen molar-refractivity contribution in [1.82, 2.24) is 9.62 Å². The Balaban J connectivity index is 2.25. The molecule has 0 atom stereocenters. The van der Waals surface area contributed by atoms with Crippen molar-refractivity contribution in [2.75, 3.05) is 27.3 Å². The Morgan fingerprint density at radius 1 is 1.53 bits per heavy atom. The first-order valence-corrected chi connectivity index (χ1v) is 8.65. The number of ether oxygens (including phenoxy) is 1. The Kier molecular flexibility index (Phi) is 4.97. The lowest BCUT2D eigenvalue weighted by atomic mass is 10.5. The maximum absolute atomic E-state index is 12.7. The second-order valence-corrected chi connectivity index (χ2v) is 7.44. The molecule has 7 heteroatoms. The first-order chi connectivity index (χ1) is 9.11. The van der Waals surface area contributed by atoms with Crippen molar-refractivity contribution in [3.05, 3.63) is 16.3 Å². The Morgan fingerprint density at radius 2 is 2.26 bits per heavy atom. The van der Waals surface area contributed by atoms with Crippen LogP contribution < -0.4 is 5.32 Å². The highest BCUT2D eigenvalue weighted by molar-refractivity contribution is 7.89. The van der Waals surface area contributed by atoms with Crippen LogP contribution in [0.5, 0.6) is 0 Å². The average molecular weight is 304 g/mol. The molecule has 19 heavy (non-hydrogen) atoms. The minimum atomic E-state index is -3.40. The molecule has 0 aromatic carbocycles. The van der Waals surface area contributed by atoms with E-state index in [-0.39, 0.29) is 6.04 Å². The molecule has 1 aromatic rings. The van der Waals surface area contributed by atoms with Gasteiger partial charge in [0.2, 0.25) is 10.0 Å². The Labute approximate surface area is 118 Å². The van der Waals surface area contributed by atoms with Gasteiger partial charge in [0.05, 0.1) is 11.5 Å². The van der Waals surface area contributed by atoms with Crippen LogP contribution in [0, 0.1) is 0 Å². The molecule has 5 nitrogen and oxygen atoms in total. The van der Waals surface area contributed by atoms with Crippen molar-refractivity contribution in [1.29, 1.82) is 0 Å². The number of nitrogens with one attached hydrogen (secondary N) is 1. The minimum Gasteiger partial charge on any atom is -0.383 e. The van der Waals surface area contributed by atoms with Gasteiger partial charge in [-0.3, -0.25) is 0 Å². The van der Waals surface area contributed by atoms with Crippen LogP contribution in [0.2, 0.25) is 0 Å². The predicted molar refractivity (Wildman–Crippen MR) is 75.9 cm³/mol. The topological polar surface area (TPSA) is 58.6 Å². The van der Waals surface area contributed by atoms with Gasteiger partial charge in [0.1, 0.15) is 0 Å². The lowest BCUT2D eigenvalue weighted by molar-refractivity contribution is 0.177. The molecule has 1 N–H and O–H groups in total. The van der Waals surface area contributed by atoms with Crippen molar-refractivity contribution in [2.24, 2.45) is 0 Å². The molecule has 0 bridgehead atoms. The van der Waals surface area contributed by atoms with Gasteiger partial charge in [-0.15, -0.1) is 11.3 Å². The summed E-state index contributed by atoms with van der Waals surface area (Å²) < 4.78 is 32.1. The van der Waals surface area contributed by atoms with Gasteiger partial charge in [-0.1, -0.05) is 0 Å². The van der Waals surface area contributed by atoms with Crippen molar-refractivity contribution >= 4 is 21.4 Å². The number of rotatable bonds is 8. The summed E-state index contributed by atoms with van der Waals surface area (Å²) in [6.45, 7) is 1.44. The summed E-state index contributed by atoms with van der Waals surface area (Å²) in [5.74, 6) is 0. The van der Waals surface area contributed by atoms with Crippen LogP contribution in [0.1, 0.15) is 17.7 Å². The van der Waals surface area contributed by atoms with Crippen LogP contribution in [0.15, 0.2) is 16.3 Å². The third kappa shape index (κ3) is 3.35. The highest BCUT2D eigenvalue weighted by Gasteiger charge is 2.38. The molecule has 0 radical (unpaired) electrons. The van der Waals surface area contributed by atoms with E-state index in [4.69, 9.17) is 4.74 Å². The second kappa shape index (κ2) is 6.32. The van der Waals surface area contributed by atoms with E-state index in [1.54, 1.807) is 17.5 Å². The smallest absolute Gasteiger partial charge is 0.244 e. The molecular formula is C12H20N2O3S2. The van der Waals surface area contributed by atoms with Gasteiger partial charge < -0.3 is 10.1 Å². The lowest BCUT2D eigenvalue weighted by Crippen LogP contribution is -2.36. The van der Waals surface area contributed by atoms with Crippen LogP contribution in [-0.2, 0) is 21.3 Å². The fourth-order valence-electron chi connectivity index (χ4n) is 2.02. The summed E-state index contributed by atoms with van der Waals surface area (Å²) in [5, 5.41) is 4.85. The number of thiophene rings is 1. The highest BCUT2D eigenvalue weighted by Crippen LogP contribution is 2.34. The quantitative estimate of drug-likeness (QED) is 0.786. The summed E-state index contributed by atoms with van der Waals surface area (Å²) in [4.78, 5) is 1.31.